The zero-order chi connectivity index (χ0) is 14.3. The van der Waals surface area contributed by atoms with Crippen LogP contribution in [-0.4, -0.2) is 49.2 Å². The van der Waals surface area contributed by atoms with Crippen LogP contribution in [0.4, 0.5) is 11.4 Å². The van der Waals surface area contributed by atoms with Gasteiger partial charge in [0.1, 0.15) is 6.04 Å². The highest BCUT2D eigenvalue weighted by Crippen LogP contribution is 2.37. The third-order valence-electron chi connectivity index (χ3n) is 3.93. The molecule has 2 N–H and O–H groups in total. The van der Waals surface area contributed by atoms with Gasteiger partial charge in [-0.05, 0) is 25.1 Å². The van der Waals surface area contributed by atoms with Crippen molar-refractivity contribution in [3.63, 3.8) is 0 Å². The zero-order valence-electron chi connectivity index (χ0n) is 11.3. The second-order valence-electron chi connectivity index (χ2n) is 5.00. The SMILES string of the molecule is CCN1C(=O)C2CNCCN2c2cc(C(=O)O)ccc21. The standard InChI is InChI=1S/C14H17N3O3/c1-2-16-10-4-3-9(14(19)20)7-11(10)17-6-5-15-8-12(17)13(16)18/h3-4,7,12,15H,2,5-6,8H2,1H3,(H,19,20). The number of rotatable bonds is 2. The number of fused-ring (bicyclic) bond motifs is 3. The molecule has 2 aliphatic rings. The summed E-state index contributed by atoms with van der Waals surface area (Å²) < 4.78 is 0. The lowest BCUT2D eigenvalue weighted by Crippen LogP contribution is -2.61. The van der Waals surface area contributed by atoms with Crippen LogP contribution in [0.25, 0.3) is 0 Å². The molecule has 0 aromatic heterocycles. The Balaban J connectivity index is 2.13. The van der Waals surface area contributed by atoms with Gasteiger partial charge < -0.3 is 20.2 Å². The maximum atomic E-state index is 12.5. The van der Waals surface area contributed by atoms with Crippen LogP contribution >= 0.6 is 0 Å². The number of carboxylic acid groups (broad SMARTS) is 1. The van der Waals surface area contributed by atoms with Crippen LogP contribution in [0.1, 0.15) is 17.3 Å². The van der Waals surface area contributed by atoms with E-state index < -0.39 is 5.97 Å². The monoisotopic (exact) mass is 275 g/mol. The second-order valence-corrected chi connectivity index (χ2v) is 5.00. The molecule has 0 spiro atoms. The molecule has 0 radical (unpaired) electrons. The van der Waals surface area contributed by atoms with E-state index in [-0.39, 0.29) is 17.5 Å². The van der Waals surface area contributed by atoms with Gasteiger partial charge in [0.15, 0.2) is 0 Å². The van der Waals surface area contributed by atoms with Crippen molar-refractivity contribution in [2.75, 3.05) is 36.0 Å². The van der Waals surface area contributed by atoms with E-state index in [0.29, 0.717) is 19.6 Å². The van der Waals surface area contributed by atoms with Crippen LogP contribution in [0.15, 0.2) is 18.2 Å². The number of nitrogens with one attached hydrogen (secondary N) is 1. The molecule has 0 bridgehead atoms. The van der Waals surface area contributed by atoms with Crippen LogP contribution < -0.4 is 15.1 Å². The molecule has 3 rings (SSSR count). The average Bonchev–Trinajstić information content (AvgIpc) is 2.47. The molecular weight excluding hydrogens is 258 g/mol. The van der Waals surface area contributed by atoms with Crippen molar-refractivity contribution in [2.45, 2.75) is 13.0 Å². The lowest BCUT2D eigenvalue weighted by molar-refractivity contribution is -0.120. The number of amides is 1. The van der Waals surface area contributed by atoms with Crippen molar-refractivity contribution in [1.82, 2.24) is 5.32 Å². The van der Waals surface area contributed by atoms with Crippen molar-refractivity contribution >= 4 is 23.3 Å². The lowest BCUT2D eigenvalue weighted by atomic mass is 10.0. The Kier molecular flexibility index (Phi) is 3.10. The van der Waals surface area contributed by atoms with Crippen LogP contribution in [0, 0.1) is 0 Å². The minimum atomic E-state index is -0.945. The zero-order valence-corrected chi connectivity index (χ0v) is 11.3. The molecule has 0 aliphatic carbocycles. The molecule has 6 nitrogen and oxygen atoms in total. The molecule has 1 aromatic carbocycles. The van der Waals surface area contributed by atoms with Crippen molar-refractivity contribution in [2.24, 2.45) is 0 Å². The molecule has 20 heavy (non-hydrogen) atoms. The van der Waals surface area contributed by atoms with Gasteiger partial charge in [-0.3, -0.25) is 4.79 Å². The minimum Gasteiger partial charge on any atom is -0.478 e. The molecule has 1 atom stereocenters. The van der Waals surface area contributed by atoms with E-state index in [0.717, 1.165) is 17.9 Å². The first-order valence-electron chi connectivity index (χ1n) is 6.79. The van der Waals surface area contributed by atoms with Crippen molar-refractivity contribution in [3.05, 3.63) is 23.8 Å². The Hall–Kier alpha value is -2.08. The molecule has 1 fully saturated rings. The summed E-state index contributed by atoms with van der Waals surface area (Å²) in [6.07, 6.45) is 0. The number of hydrogen-bond donors (Lipinski definition) is 2. The van der Waals surface area contributed by atoms with Gasteiger partial charge in [0.2, 0.25) is 0 Å². The Bertz CT molecular complexity index is 573. The summed E-state index contributed by atoms with van der Waals surface area (Å²) in [5.74, 6) is -0.866. The molecule has 2 heterocycles. The highest BCUT2D eigenvalue weighted by atomic mass is 16.4. The smallest absolute Gasteiger partial charge is 0.335 e. The molecule has 1 unspecified atom stereocenters. The van der Waals surface area contributed by atoms with E-state index in [4.69, 9.17) is 5.11 Å². The van der Waals surface area contributed by atoms with Crippen molar-refractivity contribution in [1.29, 1.82) is 0 Å². The van der Waals surface area contributed by atoms with Gasteiger partial charge in [0.25, 0.3) is 5.91 Å². The Labute approximate surface area is 117 Å². The lowest BCUT2D eigenvalue weighted by Gasteiger charge is -2.45. The fraction of sp³-hybridized carbons (Fsp3) is 0.429. The average molecular weight is 275 g/mol. The summed E-state index contributed by atoms with van der Waals surface area (Å²) in [5.41, 5.74) is 1.91. The highest BCUT2D eigenvalue weighted by molar-refractivity contribution is 6.06. The number of carbonyl (C=O) groups is 2. The quantitative estimate of drug-likeness (QED) is 0.823. The summed E-state index contributed by atoms with van der Waals surface area (Å²) >= 11 is 0. The normalized spacial score (nSPS) is 21.4. The topological polar surface area (TPSA) is 72.9 Å². The fourth-order valence-electron chi connectivity index (χ4n) is 2.95. The molecule has 6 heteroatoms. The Morgan fingerprint density at radius 2 is 2.25 bits per heavy atom. The second kappa shape index (κ2) is 4.79. The van der Waals surface area contributed by atoms with Gasteiger partial charge in [0, 0.05) is 26.2 Å². The number of anilines is 2. The first-order valence-corrected chi connectivity index (χ1v) is 6.79. The van der Waals surface area contributed by atoms with Crippen LogP contribution in [0.3, 0.4) is 0 Å². The van der Waals surface area contributed by atoms with E-state index >= 15 is 0 Å². The van der Waals surface area contributed by atoms with Gasteiger partial charge in [0.05, 0.1) is 16.9 Å². The van der Waals surface area contributed by atoms with Crippen LogP contribution in [0.5, 0.6) is 0 Å². The van der Waals surface area contributed by atoms with Gasteiger partial charge in [-0.25, -0.2) is 4.79 Å². The summed E-state index contributed by atoms with van der Waals surface area (Å²) in [6, 6.07) is 4.73. The van der Waals surface area contributed by atoms with Gasteiger partial charge in [-0.1, -0.05) is 0 Å². The van der Waals surface area contributed by atoms with Gasteiger partial charge >= 0.3 is 5.97 Å². The number of hydrogen-bond acceptors (Lipinski definition) is 4. The van der Waals surface area contributed by atoms with E-state index in [1.807, 2.05) is 11.8 Å². The highest BCUT2D eigenvalue weighted by Gasteiger charge is 2.38. The summed E-state index contributed by atoms with van der Waals surface area (Å²) in [5, 5.41) is 12.4. The third-order valence-corrected chi connectivity index (χ3v) is 3.93. The molecular formula is C14H17N3O3. The van der Waals surface area contributed by atoms with Crippen LogP contribution in [0.2, 0.25) is 0 Å². The number of likely N-dealkylation sites (N-methyl/N-ethyl adjacent to an activating group) is 1. The molecule has 1 saturated heterocycles. The number of nitrogens with zero attached hydrogens (tertiary/aromatic N) is 2. The van der Waals surface area contributed by atoms with E-state index in [1.54, 1.807) is 23.1 Å². The summed E-state index contributed by atoms with van der Waals surface area (Å²) in [7, 11) is 0. The van der Waals surface area contributed by atoms with Crippen molar-refractivity contribution < 1.29 is 14.7 Å². The van der Waals surface area contributed by atoms with Gasteiger partial charge in [-0.15, -0.1) is 0 Å². The number of benzene rings is 1. The molecule has 106 valence electrons. The number of carboxylic acids is 1. The Morgan fingerprint density at radius 1 is 1.45 bits per heavy atom. The Morgan fingerprint density at radius 3 is 2.95 bits per heavy atom. The molecule has 0 saturated carbocycles. The fourth-order valence-corrected chi connectivity index (χ4v) is 2.95. The van der Waals surface area contributed by atoms with Gasteiger partial charge in [-0.2, -0.15) is 0 Å². The first-order chi connectivity index (χ1) is 9.63. The maximum Gasteiger partial charge on any atom is 0.335 e. The first kappa shape index (κ1) is 12.9. The maximum absolute atomic E-state index is 12.5. The number of carbonyl (C=O) groups excluding carboxylic acids is 1. The van der Waals surface area contributed by atoms with Crippen molar-refractivity contribution in [3.8, 4) is 0 Å². The van der Waals surface area contributed by atoms with Crippen LogP contribution in [-0.2, 0) is 4.79 Å². The predicted octanol–water partition coefficient (Wildman–Crippen LogP) is 0.530. The molecule has 1 amide bonds. The summed E-state index contributed by atoms with van der Waals surface area (Å²) in [6.45, 7) is 4.63. The van der Waals surface area contributed by atoms with E-state index in [2.05, 4.69) is 5.32 Å². The molecule has 1 aromatic rings. The number of aromatic carboxylic acids is 1. The van der Waals surface area contributed by atoms with E-state index in [9.17, 15) is 9.59 Å². The summed E-state index contributed by atoms with van der Waals surface area (Å²) in [4.78, 5) is 27.4. The van der Waals surface area contributed by atoms with E-state index in [1.165, 1.54) is 0 Å². The minimum absolute atomic E-state index is 0.0790. The molecule has 2 aliphatic heterocycles. The predicted molar refractivity (Wildman–Crippen MR) is 75.4 cm³/mol. The number of piperazine rings is 1. The largest absolute Gasteiger partial charge is 0.478 e. The third kappa shape index (κ3) is 1.84.